The number of halogens is 2. The summed E-state index contributed by atoms with van der Waals surface area (Å²) in [5.41, 5.74) is 2.83. The molecule has 0 bridgehead atoms. The Balaban J connectivity index is 1.49. The highest BCUT2D eigenvalue weighted by Gasteiger charge is 2.38. The van der Waals surface area contributed by atoms with Gasteiger partial charge < -0.3 is 19.1 Å². The van der Waals surface area contributed by atoms with Crippen molar-refractivity contribution in [3.05, 3.63) is 76.0 Å². The van der Waals surface area contributed by atoms with E-state index in [1.807, 2.05) is 43.3 Å². The molecule has 8 heteroatoms. The van der Waals surface area contributed by atoms with Crippen LogP contribution in [0.25, 0.3) is 0 Å². The van der Waals surface area contributed by atoms with E-state index in [0.29, 0.717) is 41.9 Å². The second kappa shape index (κ2) is 13.3. The molecule has 2 aromatic rings. The topological polar surface area (TPSA) is 65.1 Å². The summed E-state index contributed by atoms with van der Waals surface area (Å²) in [6, 6.07) is 14.8. The van der Waals surface area contributed by atoms with E-state index in [4.69, 9.17) is 37.4 Å². The number of carbonyl (C=O) groups excluding carboxylic acids is 2. The van der Waals surface area contributed by atoms with Crippen molar-refractivity contribution in [1.29, 1.82) is 0 Å². The zero-order valence-corrected chi connectivity index (χ0v) is 22.6. The maximum atomic E-state index is 13.5. The zero-order chi connectivity index (χ0) is 26.2. The first-order chi connectivity index (χ1) is 18.0. The van der Waals surface area contributed by atoms with E-state index in [1.54, 1.807) is 17.0 Å². The highest BCUT2D eigenvalue weighted by Crippen LogP contribution is 2.38. The molecule has 1 fully saturated rings. The molecular weight excluding hydrogens is 513 g/mol. The number of benzene rings is 2. The summed E-state index contributed by atoms with van der Waals surface area (Å²) in [5.74, 6) is 0.543. The van der Waals surface area contributed by atoms with E-state index in [2.05, 4.69) is 0 Å². The minimum atomic E-state index is -0.427. The van der Waals surface area contributed by atoms with Gasteiger partial charge in [-0.25, -0.2) is 4.79 Å². The van der Waals surface area contributed by atoms with Crippen LogP contribution in [0.3, 0.4) is 0 Å². The molecule has 1 unspecified atom stereocenters. The van der Waals surface area contributed by atoms with E-state index < -0.39 is 11.9 Å². The van der Waals surface area contributed by atoms with Crippen LogP contribution in [0.2, 0.25) is 5.02 Å². The van der Waals surface area contributed by atoms with Crippen molar-refractivity contribution in [1.82, 2.24) is 4.90 Å². The lowest BCUT2D eigenvalue weighted by atomic mass is 9.83. The van der Waals surface area contributed by atoms with Gasteiger partial charge in [-0.1, -0.05) is 35.9 Å². The smallest absolute Gasteiger partial charge is 0.336 e. The zero-order valence-electron chi connectivity index (χ0n) is 21.1. The van der Waals surface area contributed by atoms with Crippen molar-refractivity contribution in [3.63, 3.8) is 0 Å². The quantitative estimate of drug-likeness (QED) is 0.189. The van der Waals surface area contributed by atoms with Gasteiger partial charge in [0.05, 0.1) is 24.8 Å². The first-order valence-corrected chi connectivity index (χ1v) is 13.7. The Labute approximate surface area is 228 Å². The molecule has 2 atom stereocenters. The number of hydrogen-bond donors (Lipinski definition) is 0. The lowest BCUT2D eigenvalue weighted by Crippen LogP contribution is -2.42. The first-order valence-electron chi connectivity index (χ1n) is 12.8. The third-order valence-electron chi connectivity index (χ3n) is 6.82. The molecule has 6 nitrogen and oxygen atoms in total. The fourth-order valence-corrected chi connectivity index (χ4v) is 5.08. The molecule has 0 saturated carbocycles. The van der Waals surface area contributed by atoms with Gasteiger partial charge in [0.25, 0.3) is 0 Å². The summed E-state index contributed by atoms with van der Waals surface area (Å²) >= 11 is 11.8. The number of amides is 1. The minimum absolute atomic E-state index is 0.0149. The van der Waals surface area contributed by atoms with Crippen molar-refractivity contribution < 1.29 is 23.8 Å². The molecule has 198 valence electrons. The summed E-state index contributed by atoms with van der Waals surface area (Å²) in [6.45, 7) is 3.70. The van der Waals surface area contributed by atoms with Gasteiger partial charge in [0.15, 0.2) is 0 Å². The highest BCUT2D eigenvalue weighted by atomic mass is 35.5. The van der Waals surface area contributed by atoms with Crippen LogP contribution >= 0.6 is 23.2 Å². The molecule has 0 N–H and O–H groups in total. The van der Waals surface area contributed by atoms with Crippen LogP contribution in [0.5, 0.6) is 5.75 Å². The third-order valence-corrected chi connectivity index (χ3v) is 7.33. The number of unbranched alkanes of at least 4 members (excludes halogenated alkanes) is 1. The Morgan fingerprint density at radius 2 is 1.86 bits per heavy atom. The first kappa shape index (κ1) is 27.5. The highest BCUT2D eigenvalue weighted by molar-refractivity contribution is 6.30. The van der Waals surface area contributed by atoms with E-state index in [-0.39, 0.29) is 25.0 Å². The average Bonchev–Trinajstić information content (AvgIpc) is 3.42. The molecule has 2 aliphatic rings. The second-order valence-corrected chi connectivity index (χ2v) is 10.2. The van der Waals surface area contributed by atoms with Crippen molar-refractivity contribution in [2.45, 2.75) is 57.7 Å². The maximum absolute atomic E-state index is 13.5. The number of ether oxygens (including phenoxy) is 3. The van der Waals surface area contributed by atoms with Crippen LogP contribution in [0, 0.1) is 0 Å². The van der Waals surface area contributed by atoms with Gasteiger partial charge in [0, 0.05) is 35.5 Å². The predicted octanol–water partition coefficient (Wildman–Crippen LogP) is 6.25. The Kier molecular flexibility index (Phi) is 9.89. The second-order valence-electron chi connectivity index (χ2n) is 9.41. The van der Waals surface area contributed by atoms with Crippen molar-refractivity contribution in [3.8, 4) is 5.75 Å². The SMILES string of the molecule is CC1=C(C(=O)OCc2ccc(OCCCCCl)cc2)[C@H](c2ccc(Cl)cc2)CC(=O)N1CC1CCCO1. The molecule has 4 rings (SSSR count). The fourth-order valence-electron chi connectivity index (χ4n) is 4.77. The molecule has 0 aliphatic carbocycles. The van der Waals surface area contributed by atoms with Crippen LogP contribution in [0.1, 0.15) is 56.1 Å². The van der Waals surface area contributed by atoms with E-state index in [0.717, 1.165) is 42.6 Å². The minimum Gasteiger partial charge on any atom is -0.494 e. The standard InChI is InChI=1S/C29H33Cl2NO5/c1-20-28(29(34)37-19-21-6-12-24(13-7-21)35-15-3-2-14-30)26(22-8-10-23(31)11-9-22)17-27(33)32(20)18-25-5-4-16-36-25/h6-13,25-26H,2-5,14-19H2,1H3/t25?,26-/m0/s1. The Morgan fingerprint density at radius 1 is 1.11 bits per heavy atom. The largest absolute Gasteiger partial charge is 0.494 e. The van der Waals surface area contributed by atoms with Crippen LogP contribution in [-0.2, 0) is 25.7 Å². The summed E-state index contributed by atoms with van der Waals surface area (Å²) in [7, 11) is 0. The monoisotopic (exact) mass is 545 g/mol. The fraction of sp³-hybridized carbons (Fsp3) is 0.448. The van der Waals surface area contributed by atoms with Crippen molar-refractivity contribution >= 4 is 35.1 Å². The molecule has 0 radical (unpaired) electrons. The number of esters is 1. The van der Waals surface area contributed by atoms with Crippen LogP contribution in [-0.4, -0.2) is 48.5 Å². The normalized spacial score (nSPS) is 19.9. The third kappa shape index (κ3) is 7.28. The van der Waals surface area contributed by atoms with Gasteiger partial charge in [-0.3, -0.25) is 4.79 Å². The van der Waals surface area contributed by atoms with Gasteiger partial charge in [0.1, 0.15) is 12.4 Å². The summed E-state index contributed by atoms with van der Waals surface area (Å²) in [5, 5.41) is 0.599. The van der Waals surface area contributed by atoms with E-state index in [1.165, 1.54) is 0 Å². The molecule has 2 aliphatic heterocycles. The lowest BCUT2D eigenvalue weighted by molar-refractivity contribution is -0.141. The maximum Gasteiger partial charge on any atom is 0.336 e. The van der Waals surface area contributed by atoms with Gasteiger partial charge in [-0.05, 0) is 68.0 Å². The van der Waals surface area contributed by atoms with Crippen LogP contribution in [0.4, 0.5) is 0 Å². The molecule has 2 aromatic carbocycles. The molecule has 1 amide bonds. The predicted molar refractivity (Wildman–Crippen MR) is 144 cm³/mol. The van der Waals surface area contributed by atoms with Crippen LogP contribution < -0.4 is 4.74 Å². The number of allylic oxidation sites excluding steroid dienone is 1. The van der Waals surface area contributed by atoms with Crippen LogP contribution in [0.15, 0.2) is 59.8 Å². The van der Waals surface area contributed by atoms with E-state index >= 15 is 0 Å². The summed E-state index contributed by atoms with van der Waals surface area (Å²) < 4.78 is 17.2. The molecule has 2 heterocycles. The van der Waals surface area contributed by atoms with Gasteiger partial charge in [0.2, 0.25) is 5.91 Å². The Morgan fingerprint density at radius 3 is 2.54 bits per heavy atom. The molecular formula is C29H33Cl2NO5. The lowest BCUT2D eigenvalue weighted by Gasteiger charge is -2.35. The van der Waals surface area contributed by atoms with Gasteiger partial charge in [-0.2, -0.15) is 0 Å². The number of rotatable bonds is 11. The number of alkyl halides is 1. The van der Waals surface area contributed by atoms with Gasteiger partial charge in [-0.15, -0.1) is 11.6 Å². The Hall–Kier alpha value is -2.54. The Bertz CT molecular complexity index is 1090. The molecule has 0 aromatic heterocycles. The number of carbonyl (C=O) groups is 2. The van der Waals surface area contributed by atoms with Crippen molar-refractivity contribution in [2.75, 3.05) is 25.6 Å². The summed E-state index contributed by atoms with van der Waals surface area (Å²) in [4.78, 5) is 28.3. The molecule has 0 spiro atoms. The van der Waals surface area contributed by atoms with Crippen molar-refractivity contribution in [2.24, 2.45) is 0 Å². The molecule has 37 heavy (non-hydrogen) atoms. The number of nitrogens with zero attached hydrogens (tertiary/aromatic N) is 1. The van der Waals surface area contributed by atoms with E-state index in [9.17, 15) is 9.59 Å². The average molecular weight is 546 g/mol. The molecule has 1 saturated heterocycles. The van der Waals surface area contributed by atoms with Gasteiger partial charge >= 0.3 is 5.97 Å². The number of hydrogen-bond acceptors (Lipinski definition) is 5. The summed E-state index contributed by atoms with van der Waals surface area (Å²) in [6.07, 6.45) is 3.88.